The lowest BCUT2D eigenvalue weighted by Gasteiger charge is -2.41. The van der Waals surface area contributed by atoms with Gasteiger partial charge in [-0.1, -0.05) is 17.7 Å². The highest BCUT2D eigenvalue weighted by Gasteiger charge is 2.36. The maximum Gasteiger partial charge on any atom is 0.322 e. The van der Waals surface area contributed by atoms with Crippen molar-refractivity contribution in [2.24, 2.45) is 0 Å². The number of hydrogen-bond donors (Lipinski definition) is 4. The molecule has 1 atom stereocenters. The highest BCUT2D eigenvalue weighted by atomic mass is 35.5. The number of nitrogen functional groups attached to an aromatic ring is 1. The fourth-order valence-electron chi connectivity index (χ4n) is 7.01. The number of thiophene rings is 1. The second kappa shape index (κ2) is 13.5. The van der Waals surface area contributed by atoms with E-state index in [1.807, 2.05) is 28.2 Å². The molecule has 13 heteroatoms. The minimum absolute atomic E-state index is 0.0569. The molecule has 1 aromatic carbocycles. The standard InChI is InChI=1S/C31H43ClN8O3S/c1-20-14-21(15-25(32)28(20)33)16-26(29(41)38-8-2-23(3-9-38)37-12-6-34-7-13-37)35-30(42)39-10-4-24(5-11-39)40-17-22-18-44-19-27(22)36-31(40)43/h14-15,18-19,23-24,26,34H,2-13,16-17,33H2,1H3,(H,35,42)(H,36,43)/t26-/m1/s1. The maximum absolute atomic E-state index is 14.0. The molecule has 3 saturated heterocycles. The van der Waals surface area contributed by atoms with Crippen LogP contribution in [0.25, 0.3) is 0 Å². The maximum atomic E-state index is 14.0. The number of amides is 5. The summed E-state index contributed by atoms with van der Waals surface area (Å²) in [4.78, 5) is 48.4. The van der Waals surface area contributed by atoms with Gasteiger partial charge in [-0.2, -0.15) is 0 Å². The van der Waals surface area contributed by atoms with E-state index in [9.17, 15) is 14.4 Å². The van der Waals surface area contributed by atoms with Crippen LogP contribution >= 0.6 is 22.9 Å². The number of nitrogens with zero attached hydrogens (tertiary/aromatic N) is 4. The number of likely N-dealkylation sites (tertiary alicyclic amines) is 2. The van der Waals surface area contributed by atoms with Gasteiger partial charge in [-0.3, -0.25) is 9.69 Å². The van der Waals surface area contributed by atoms with E-state index in [0.29, 0.717) is 68.7 Å². The highest BCUT2D eigenvalue weighted by Crippen LogP contribution is 2.31. The number of piperazine rings is 1. The lowest BCUT2D eigenvalue weighted by Crippen LogP contribution is -2.58. The third-order valence-electron chi connectivity index (χ3n) is 9.65. The predicted molar refractivity (Wildman–Crippen MR) is 174 cm³/mol. The zero-order chi connectivity index (χ0) is 30.8. The number of nitrogens with two attached hydrogens (primary N) is 1. The summed E-state index contributed by atoms with van der Waals surface area (Å²) in [6, 6.07) is 3.23. The molecule has 0 aliphatic carbocycles. The van der Waals surface area contributed by atoms with Gasteiger partial charge in [0.1, 0.15) is 6.04 Å². The van der Waals surface area contributed by atoms with Gasteiger partial charge in [0.15, 0.2) is 0 Å². The Hall–Kier alpha value is -3.06. The van der Waals surface area contributed by atoms with Crippen molar-refractivity contribution in [3.05, 3.63) is 44.6 Å². The van der Waals surface area contributed by atoms with Crippen LogP contribution in [0.15, 0.2) is 22.9 Å². The molecule has 0 radical (unpaired) electrons. The molecule has 5 heterocycles. The second-order valence-electron chi connectivity index (χ2n) is 12.4. The largest absolute Gasteiger partial charge is 0.397 e. The number of carbonyl (C=O) groups is 3. The van der Waals surface area contributed by atoms with Crippen molar-refractivity contribution in [2.45, 2.75) is 63.7 Å². The fraction of sp³-hybridized carbons (Fsp3) is 0.581. The number of rotatable bonds is 6. The molecule has 5 N–H and O–H groups in total. The molecule has 0 spiro atoms. The Labute approximate surface area is 268 Å². The van der Waals surface area contributed by atoms with Crippen LogP contribution in [-0.2, 0) is 17.8 Å². The zero-order valence-electron chi connectivity index (χ0n) is 25.3. The third kappa shape index (κ3) is 6.78. The summed E-state index contributed by atoms with van der Waals surface area (Å²) in [5.74, 6) is -0.0610. The molecule has 3 fully saturated rings. The van der Waals surface area contributed by atoms with Gasteiger partial charge >= 0.3 is 12.1 Å². The molecule has 0 unspecified atom stereocenters. The molecular formula is C31H43ClN8O3S. The molecule has 1 aromatic heterocycles. The van der Waals surface area contributed by atoms with E-state index in [4.69, 9.17) is 17.3 Å². The summed E-state index contributed by atoms with van der Waals surface area (Å²) in [5.41, 5.74) is 10.3. The van der Waals surface area contributed by atoms with Crippen LogP contribution in [-0.4, -0.2) is 108 Å². The number of halogens is 1. The Balaban J connectivity index is 1.09. The highest BCUT2D eigenvalue weighted by molar-refractivity contribution is 7.08. The van der Waals surface area contributed by atoms with Crippen molar-refractivity contribution in [2.75, 3.05) is 63.4 Å². The Morgan fingerprint density at radius 2 is 1.70 bits per heavy atom. The molecule has 6 rings (SSSR count). The molecule has 4 aliphatic rings. The number of fused-ring (bicyclic) bond motifs is 1. The molecular weight excluding hydrogens is 600 g/mol. The van der Waals surface area contributed by atoms with Crippen LogP contribution in [0.4, 0.5) is 21.0 Å². The summed E-state index contributed by atoms with van der Waals surface area (Å²) >= 11 is 7.99. The van der Waals surface area contributed by atoms with E-state index in [2.05, 4.69) is 26.2 Å². The molecule has 238 valence electrons. The summed E-state index contributed by atoms with van der Waals surface area (Å²) < 4.78 is 0. The number of urea groups is 2. The van der Waals surface area contributed by atoms with Crippen molar-refractivity contribution in [1.29, 1.82) is 0 Å². The van der Waals surface area contributed by atoms with Crippen LogP contribution in [0.1, 0.15) is 42.4 Å². The van der Waals surface area contributed by atoms with E-state index in [1.54, 1.807) is 22.3 Å². The van der Waals surface area contributed by atoms with Gasteiger partial charge < -0.3 is 36.4 Å². The SMILES string of the molecule is Cc1cc(C[C@@H](NC(=O)N2CCC(N3Cc4cscc4NC3=O)CC2)C(=O)N2CCC(N3CCNCC3)CC2)cc(Cl)c1N. The van der Waals surface area contributed by atoms with Crippen molar-refractivity contribution in [1.82, 2.24) is 30.2 Å². The van der Waals surface area contributed by atoms with E-state index in [0.717, 1.165) is 61.4 Å². The minimum Gasteiger partial charge on any atom is -0.397 e. The van der Waals surface area contributed by atoms with E-state index < -0.39 is 6.04 Å². The number of carbonyl (C=O) groups excluding carboxylic acids is 3. The minimum atomic E-state index is -0.722. The van der Waals surface area contributed by atoms with Crippen molar-refractivity contribution in [3.8, 4) is 0 Å². The molecule has 2 aromatic rings. The van der Waals surface area contributed by atoms with Crippen LogP contribution in [0.3, 0.4) is 0 Å². The number of aryl methyl sites for hydroxylation is 1. The summed E-state index contributed by atoms with van der Waals surface area (Å²) in [7, 11) is 0. The van der Waals surface area contributed by atoms with Crippen molar-refractivity contribution in [3.63, 3.8) is 0 Å². The zero-order valence-corrected chi connectivity index (χ0v) is 26.9. The van der Waals surface area contributed by atoms with E-state index in [1.165, 1.54) is 0 Å². The molecule has 44 heavy (non-hydrogen) atoms. The van der Waals surface area contributed by atoms with Crippen LogP contribution in [0.5, 0.6) is 0 Å². The normalized spacial score (nSPS) is 21.1. The second-order valence-corrected chi connectivity index (χ2v) is 13.6. The lowest BCUT2D eigenvalue weighted by atomic mass is 9.98. The van der Waals surface area contributed by atoms with E-state index in [-0.39, 0.29) is 24.0 Å². The van der Waals surface area contributed by atoms with Gasteiger partial charge in [-0.25, -0.2) is 9.59 Å². The number of nitrogens with one attached hydrogen (secondary N) is 3. The average Bonchev–Trinajstić information content (AvgIpc) is 3.50. The van der Waals surface area contributed by atoms with Gasteiger partial charge in [0.25, 0.3) is 0 Å². The topological polar surface area (TPSA) is 126 Å². The van der Waals surface area contributed by atoms with Crippen molar-refractivity contribution >= 4 is 52.3 Å². The van der Waals surface area contributed by atoms with Gasteiger partial charge in [0.2, 0.25) is 5.91 Å². The molecule has 4 aliphatic heterocycles. The predicted octanol–water partition coefficient (Wildman–Crippen LogP) is 3.32. The first-order valence-electron chi connectivity index (χ1n) is 15.7. The first-order chi connectivity index (χ1) is 21.3. The number of benzene rings is 1. The van der Waals surface area contributed by atoms with Crippen LogP contribution in [0.2, 0.25) is 5.02 Å². The van der Waals surface area contributed by atoms with Crippen LogP contribution in [0, 0.1) is 6.92 Å². The van der Waals surface area contributed by atoms with Gasteiger partial charge in [0, 0.05) is 81.8 Å². The lowest BCUT2D eigenvalue weighted by molar-refractivity contribution is -0.134. The van der Waals surface area contributed by atoms with Crippen LogP contribution < -0.4 is 21.7 Å². The summed E-state index contributed by atoms with van der Waals surface area (Å²) in [5, 5.41) is 14.0. The quantitative estimate of drug-likeness (QED) is 0.358. The molecule has 0 saturated carbocycles. The Morgan fingerprint density at radius 1 is 1.02 bits per heavy atom. The number of anilines is 2. The Morgan fingerprint density at radius 3 is 2.41 bits per heavy atom. The van der Waals surface area contributed by atoms with Gasteiger partial charge in [-0.15, -0.1) is 11.3 Å². The average molecular weight is 643 g/mol. The monoisotopic (exact) mass is 642 g/mol. The third-order valence-corrected chi connectivity index (χ3v) is 10.8. The summed E-state index contributed by atoms with van der Waals surface area (Å²) in [6.45, 7) is 8.98. The first-order valence-corrected chi connectivity index (χ1v) is 17.0. The Kier molecular flexibility index (Phi) is 9.51. The molecule has 11 nitrogen and oxygen atoms in total. The smallest absolute Gasteiger partial charge is 0.322 e. The number of piperidine rings is 2. The van der Waals surface area contributed by atoms with Gasteiger partial charge in [-0.05, 0) is 55.2 Å². The molecule has 5 amide bonds. The number of hydrogen-bond acceptors (Lipinski definition) is 7. The fourth-order valence-corrected chi connectivity index (χ4v) is 8.08. The van der Waals surface area contributed by atoms with Gasteiger partial charge in [0.05, 0.1) is 22.9 Å². The van der Waals surface area contributed by atoms with Crippen molar-refractivity contribution < 1.29 is 14.4 Å². The summed E-state index contributed by atoms with van der Waals surface area (Å²) in [6.07, 6.45) is 3.57. The van der Waals surface area contributed by atoms with E-state index >= 15 is 0 Å². The Bertz CT molecular complexity index is 1340. The first kappa shape index (κ1) is 30.9. The molecule has 0 bridgehead atoms.